The highest BCUT2D eigenvalue weighted by Crippen LogP contribution is 2.42. The predicted octanol–water partition coefficient (Wildman–Crippen LogP) is 2.69. The Morgan fingerprint density at radius 3 is 2.55 bits per heavy atom. The Kier molecular flexibility index (Phi) is 5.00. The first-order valence-electron chi connectivity index (χ1n) is 7.80. The molecule has 0 radical (unpaired) electrons. The minimum absolute atomic E-state index is 0.137. The zero-order chi connectivity index (χ0) is 16.5. The largest absolute Gasteiger partial charge is 0.378 e. The van der Waals surface area contributed by atoms with Gasteiger partial charge in [-0.15, -0.1) is 0 Å². The van der Waals surface area contributed by atoms with Crippen LogP contribution in [0.5, 0.6) is 0 Å². The van der Waals surface area contributed by atoms with Crippen molar-refractivity contribution in [1.82, 2.24) is 5.32 Å². The molecule has 1 fully saturated rings. The maximum absolute atomic E-state index is 11.6. The van der Waals surface area contributed by atoms with Crippen LogP contribution >= 0.6 is 0 Å². The average Bonchev–Trinajstić information content (AvgIpc) is 2.40. The quantitative estimate of drug-likeness (QED) is 0.874. The monoisotopic (exact) mass is 325 g/mol. The summed E-state index contributed by atoms with van der Waals surface area (Å²) in [6.45, 7) is 9.84. The molecule has 0 saturated heterocycles. The molecule has 0 spiro atoms. The fourth-order valence-corrected chi connectivity index (χ4v) is 4.15. The molecule has 124 valence electrons. The lowest BCUT2D eigenvalue weighted by Crippen LogP contribution is -2.60. The summed E-state index contributed by atoms with van der Waals surface area (Å²) in [6, 6.07) is 5.98. The molecule has 5 heteroatoms. The van der Waals surface area contributed by atoms with E-state index < -0.39 is 9.84 Å². The standard InChI is InChI=1S/C17H27NO3S/c1-6-21-16-10-15(17(16,3)4)18-11-13-7-8-14(12(2)9-13)22(5,19)20/h7-9,15-16,18H,6,10-11H2,1-5H3/t15-,16-/m1/s1. The second kappa shape index (κ2) is 6.30. The van der Waals surface area contributed by atoms with Crippen LogP contribution in [-0.4, -0.2) is 33.4 Å². The van der Waals surface area contributed by atoms with Crippen LogP contribution in [0.1, 0.15) is 38.3 Å². The van der Waals surface area contributed by atoms with Crippen molar-refractivity contribution in [3.63, 3.8) is 0 Å². The molecule has 2 atom stereocenters. The number of hydrogen-bond donors (Lipinski definition) is 1. The molecule has 1 aliphatic carbocycles. The molecule has 0 aromatic heterocycles. The molecule has 1 saturated carbocycles. The summed E-state index contributed by atoms with van der Waals surface area (Å²) in [5.41, 5.74) is 2.06. The van der Waals surface area contributed by atoms with Gasteiger partial charge in [-0.3, -0.25) is 0 Å². The summed E-state index contributed by atoms with van der Waals surface area (Å²) < 4.78 is 29.0. The summed E-state index contributed by atoms with van der Waals surface area (Å²) in [7, 11) is -3.14. The Labute approximate surface area is 134 Å². The van der Waals surface area contributed by atoms with Gasteiger partial charge in [-0.1, -0.05) is 26.0 Å². The Bertz CT molecular complexity index is 637. The zero-order valence-corrected chi connectivity index (χ0v) is 15.0. The van der Waals surface area contributed by atoms with E-state index in [1.54, 1.807) is 6.07 Å². The van der Waals surface area contributed by atoms with E-state index in [2.05, 4.69) is 19.2 Å². The Balaban J connectivity index is 1.98. The first kappa shape index (κ1) is 17.4. The molecule has 0 bridgehead atoms. The van der Waals surface area contributed by atoms with Gasteiger partial charge in [0.15, 0.2) is 9.84 Å². The smallest absolute Gasteiger partial charge is 0.175 e. The lowest BCUT2D eigenvalue weighted by Gasteiger charge is -2.52. The molecule has 0 heterocycles. The van der Waals surface area contributed by atoms with Crippen LogP contribution in [0.3, 0.4) is 0 Å². The highest BCUT2D eigenvalue weighted by molar-refractivity contribution is 7.90. The summed E-state index contributed by atoms with van der Waals surface area (Å²) in [6.07, 6.45) is 2.60. The number of nitrogens with one attached hydrogen (secondary N) is 1. The normalized spacial score (nSPS) is 24.0. The van der Waals surface area contributed by atoms with Crippen LogP contribution < -0.4 is 5.32 Å². The van der Waals surface area contributed by atoms with E-state index in [0.717, 1.165) is 30.7 Å². The Hall–Kier alpha value is -0.910. The van der Waals surface area contributed by atoms with Crippen LogP contribution in [-0.2, 0) is 21.1 Å². The van der Waals surface area contributed by atoms with E-state index in [4.69, 9.17) is 4.74 Å². The van der Waals surface area contributed by atoms with Crippen LogP contribution in [0, 0.1) is 12.3 Å². The van der Waals surface area contributed by atoms with Crippen LogP contribution in [0.4, 0.5) is 0 Å². The van der Waals surface area contributed by atoms with E-state index in [1.165, 1.54) is 6.26 Å². The van der Waals surface area contributed by atoms with Crippen molar-refractivity contribution in [3.05, 3.63) is 29.3 Å². The molecule has 22 heavy (non-hydrogen) atoms. The van der Waals surface area contributed by atoms with Gasteiger partial charge in [0, 0.05) is 30.9 Å². The number of aryl methyl sites for hydroxylation is 1. The fourth-order valence-electron chi connectivity index (χ4n) is 3.19. The van der Waals surface area contributed by atoms with Crippen LogP contribution in [0.25, 0.3) is 0 Å². The lowest BCUT2D eigenvalue weighted by atomic mass is 9.64. The molecule has 0 amide bonds. The molecular weight excluding hydrogens is 298 g/mol. The minimum Gasteiger partial charge on any atom is -0.378 e. The van der Waals surface area contributed by atoms with E-state index in [9.17, 15) is 8.42 Å². The van der Waals surface area contributed by atoms with Crippen molar-refractivity contribution in [1.29, 1.82) is 0 Å². The number of rotatable bonds is 6. The van der Waals surface area contributed by atoms with E-state index in [-0.39, 0.29) is 5.41 Å². The Morgan fingerprint density at radius 2 is 2.05 bits per heavy atom. The summed E-state index contributed by atoms with van der Waals surface area (Å²) in [5, 5.41) is 3.57. The summed E-state index contributed by atoms with van der Waals surface area (Å²) in [4.78, 5) is 0.414. The number of benzene rings is 1. The van der Waals surface area contributed by atoms with Gasteiger partial charge < -0.3 is 10.1 Å². The second-order valence-electron chi connectivity index (χ2n) is 6.81. The van der Waals surface area contributed by atoms with Crippen LogP contribution in [0.15, 0.2) is 23.1 Å². The van der Waals surface area contributed by atoms with Gasteiger partial charge in [0.2, 0.25) is 0 Å². The van der Waals surface area contributed by atoms with Gasteiger partial charge in [-0.05, 0) is 37.5 Å². The van der Waals surface area contributed by atoms with E-state index in [1.807, 2.05) is 26.0 Å². The molecule has 2 rings (SSSR count). The van der Waals surface area contributed by atoms with E-state index >= 15 is 0 Å². The molecule has 4 nitrogen and oxygen atoms in total. The van der Waals surface area contributed by atoms with Crippen molar-refractivity contribution in [3.8, 4) is 0 Å². The van der Waals surface area contributed by atoms with Gasteiger partial charge in [0.25, 0.3) is 0 Å². The maximum Gasteiger partial charge on any atom is 0.175 e. The first-order valence-corrected chi connectivity index (χ1v) is 9.70. The molecule has 1 aromatic rings. The summed E-state index contributed by atoms with van der Waals surface area (Å²) >= 11 is 0. The van der Waals surface area contributed by atoms with Crippen molar-refractivity contribution in [2.75, 3.05) is 12.9 Å². The average molecular weight is 325 g/mol. The molecule has 1 aromatic carbocycles. The van der Waals surface area contributed by atoms with Crippen molar-refractivity contribution >= 4 is 9.84 Å². The Morgan fingerprint density at radius 1 is 1.36 bits per heavy atom. The molecule has 0 unspecified atom stereocenters. The number of ether oxygens (including phenoxy) is 1. The summed E-state index contributed by atoms with van der Waals surface area (Å²) in [5.74, 6) is 0. The number of sulfone groups is 1. The molecule has 0 aliphatic heterocycles. The maximum atomic E-state index is 11.6. The highest BCUT2D eigenvalue weighted by Gasteiger charge is 2.48. The van der Waals surface area contributed by atoms with Gasteiger partial charge in [0.1, 0.15) is 0 Å². The van der Waals surface area contributed by atoms with E-state index in [0.29, 0.717) is 17.0 Å². The number of hydrogen-bond acceptors (Lipinski definition) is 4. The van der Waals surface area contributed by atoms with Crippen molar-refractivity contribution in [2.24, 2.45) is 5.41 Å². The van der Waals surface area contributed by atoms with Crippen LogP contribution in [0.2, 0.25) is 0 Å². The fraction of sp³-hybridized carbons (Fsp3) is 0.647. The van der Waals surface area contributed by atoms with Crippen molar-refractivity contribution < 1.29 is 13.2 Å². The van der Waals surface area contributed by atoms with Crippen molar-refractivity contribution in [2.45, 2.75) is 57.7 Å². The highest BCUT2D eigenvalue weighted by atomic mass is 32.2. The third kappa shape index (κ3) is 3.53. The topological polar surface area (TPSA) is 55.4 Å². The lowest BCUT2D eigenvalue weighted by molar-refractivity contribution is -0.114. The zero-order valence-electron chi connectivity index (χ0n) is 14.1. The first-order chi connectivity index (χ1) is 10.2. The third-order valence-electron chi connectivity index (χ3n) is 4.74. The molecule has 1 N–H and O–H groups in total. The second-order valence-corrected chi connectivity index (χ2v) is 8.79. The third-order valence-corrected chi connectivity index (χ3v) is 5.99. The molecular formula is C17H27NO3S. The minimum atomic E-state index is -3.14. The SMILES string of the molecule is CCO[C@@H]1C[C@@H](NCc2ccc(S(C)(=O)=O)c(C)c2)C1(C)C. The van der Waals surface area contributed by atoms with Gasteiger partial charge in [0.05, 0.1) is 11.0 Å². The van der Waals surface area contributed by atoms with Gasteiger partial charge in [-0.2, -0.15) is 0 Å². The van der Waals surface area contributed by atoms with Gasteiger partial charge >= 0.3 is 0 Å². The predicted molar refractivity (Wildman–Crippen MR) is 88.7 cm³/mol. The molecule has 1 aliphatic rings. The van der Waals surface area contributed by atoms with Gasteiger partial charge in [-0.25, -0.2) is 8.42 Å².